The molecule has 1 aliphatic heterocycles. The van der Waals surface area contributed by atoms with Gasteiger partial charge in [-0.15, -0.1) is 0 Å². The van der Waals surface area contributed by atoms with E-state index in [0.717, 1.165) is 5.56 Å². The first-order valence-electron chi connectivity index (χ1n) is 10.8. The Labute approximate surface area is 196 Å². The number of carbonyl (C=O) groups excluding carboxylic acids is 3. The van der Waals surface area contributed by atoms with Gasteiger partial charge >= 0.3 is 0 Å². The summed E-state index contributed by atoms with van der Waals surface area (Å²) in [5, 5.41) is 33.8. The minimum absolute atomic E-state index is 0.000873. The average Bonchev–Trinajstić information content (AvgIpc) is 3.06. The zero-order chi connectivity index (χ0) is 24.9. The molecule has 1 aliphatic carbocycles. The molecule has 1 atom stereocenters. The van der Waals surface area contributed by atoms with Gasteiger partial charge in [0.1, 0.15) is 39.7 Å². The first-order valence-corrected chi connectivity index (χ1v) is 10.8. The van der Waals surface area contributed by atoms with Gasteiger partial charge in [-0.1, -0.05) is 12.1 Å². The van der Waals surface area contributed by atoms with Crippen LogP contribution in [0.5, 0.6) is 23.0 Å². The van der Waals surface area contributed by atoms with Crippen LogP contribution in [0, 0.1) is 6.92 Å². The number of benzene rings is 2. The fourth-order valence-corrected chi connectivity index (χ4v) is 4.51. The van der Waals surface area contributed by atoms with E-state index in [9.17, 15) is 29.7 Å². The van der Waals surface area contributed by atoms with Crippen LogP contribution in [-0.2, 0) is 21.4 Å². The van der Waals surface area contributed by atoms with Crippen LogP contribution in [0.15, 0.2) is 47.4 Å². The van der Waals surface area contributed by atoms with Crippen molar-refractivity contribution >= 4 is 17.3 Å². The van der Waals surface area contributed by atoms with E-state index in [1.807, 2.05) is 0 Å². The summed E-state index contributed by atoms with van der Waals surface area (Å²) < 4.78 is 5.76. The van der Waals surface area contributed by atoms with Gasteiger partial charge < -0.3 is 25.4 Å². The maximum atomic E-state index is 13.7. The van der Waals surface area contributed by atoms with Crippen molar-refractivity contribution in [2.24, 2.45) is 0 Å². The van der Waals surface area contributed by atoms with E-state index < -0.39 is 28.5 Å². The van der Waals surface area contributed by atoms with Gasteiger partial charge in [-0.2, -0.15) is 0 Å². The number of nitrogens with one attached hydrogen (secondary N) is 1. The molecule has 0 bridgehead atoms. The Morgan fingerprint density at radius 1 is 1.06 bits per heavy atom. The first kappa shape index (κ1) is 23.1. The molecule has 0 fully saturated rings. The van der Waals surface area contributed by atoms with Gasteiger partial charge in [0.2, 0.25) is 0 Å². The highest BCUT2D eigenvalue weighted by atomic mass is 16.5. The smallest absolute Gasteiger partial charge is 0.194 e. The lowest BCUT2D eigenvalue weighted by Crippen LogP contribution is -2.41. The number of hydrogen-bond donors (Lipinski definition) is 4. The number of ketones is 3. The zero-order valence-corrected chi connectivity index (χ0v) is 19.3. The highest BCUT2D eigenvalue weighted by Gasteiger charge is 2.56. The number of carbonyl (C=O) groups is 3. The third-order valence-electron chi connectivity index (χ3n) is 6.50. The zero-order valence-electron chi connectivity index (χ0n) is 19.3. The van der Waals surface area contributed by atoms with Gasteiger partial charge in [-0.25, -0.2) is 0 Å². The van der Waals surface area contributed by atoms with E-state index in [4.69, 9.17) is 4.74 Å². The Balaban J connectivity index is 1.73. The van der Waals surface area contributed by atoms with Crippen LogP contribution in [0.3, 0.4) is 0 Å². The first-order chi connectivity index (χ1) is 16.0. The van der Waals surface area contributed by atoms with Crippen molar-refractivity contribution < 1.29 is 34.4 Å². The Kier molecular flexibility index (Phi) is 5.47. The van der Waals surface area contributed by atoms with Crippen LogP contribution < -0.4 is 10.1 Å². The molecule has 0 radical (unpaired) electrons. The van der Waals surface area contributed by atoms with Crippen LogP contribution in [-0.4, -0.2) is 39.2 Å². The van der Waals surface area contributed by atoms with Gasteiger partial charge in [0, 0.05) is 23.9 Å². The SMILES string of the molecule is CC(=O)c1c(O)c(C)c(O)c2c1OC1=CC(=O)/C(=C(\C)NCCc3ccc(O)cc3)C(=O)[C@]12C. The second-order valence-electron chi connectivity index (χ2n) is 8.73. The highest BCUT2D eigenvalue weighted by Crippen LogP contribution is 2.57. The van der Waals surface area contributed by atoms with Crippen molar-refractivity contribution in [2.75, 3.05) is 6.54 Å². The number of phenolic OH excluding ortho intramolecular Hbond substituents is 3. The molecule has 0 saturated heterocycles. The maximum Gasteiger partial charge on any atom is 0.194 e. The van der Waals surface area contributed by atoms with Crippen LogP contribution >= 0.6 is 0 Å². The summed E-state index contributed by atoms with van der Waals surface area (Å²) in [6.07, 6.45) is 1.79. The molecule has 0 amide bonds. The molecule has 4 rings (SSSR count). The van der Waals surface area contributed by atoms with Crippen molar-refractivity contribution in [1.82, 2.24) is 5.32 Å². The normalized spacial score (nSPS) is 20.3. The molecule has 34 heavy (non-hydrogen) atoms. The van der Waals surface area contributed by atoms with Crippen molar-refractivity contribution in [3.8, 4) is 23.0 Å². The van der Waals surface area contributed by atoms with Crippen LogP contribution in [0.1, 0.15) is 47.8 Å². The predicted molar refractivity (Wildman–Crippen MR) is 123 cm³/mol. The quantitative estimate of drug-likeness (QED) is 0.302. The number of Topliss-reactive ketones (excluding diaryl/α,β-unsaturated/α-hetero) is 2. The lowest BCUT2D eigenvalue weighted by molar-refractivity contribution is -0.123. The van der Waals surface area contributed by atoms with Crippen molar-refractivity contribution in [3.05, 3.63) is 69.6 Å². The van der Waals surface area contributed by atoms with Crippen molar-refractivity contribution in [2.45, 2.75) is 39.5 Å². The average molecular weight is 463 g/mol. The molecule has 0 saturated carbocycles. The monoisotopic (exact) mass is 463 g/mol. The Morgan fingerprint density at radius 3 is 2.32 bits per heavy atom. The fraction of sp³-hybridized carbons (Fsp3) is 0.269. The molecule has 0 unspecified atom stereocenters. The van der Waals surface area contributed by atoms with Crippen molar-refractivity contribution in [1.29, 1.82) is 0 Å². The number of rotatable bonds is 5. The van der Waals surface area contributed by atoms with E-state index >= 15 is 0 Å². The minimum Gasteiger partial charge on any atom is -0.508 e. The Bertz CT molecular complexity index is 1320. The molecule has 8 nitrogen and oxygen atoms in total. The molecule has 2 aliphatic rings. The van der Waals surface area contributed by atoms with Crippen LogP contribution in [0.2, 0.25) is 0 Å². The number of allylic oxidation sites excluding steroid dienone is 4. The molecule has 1 heterocycles. The number of ether oxygens (including phenoxy) is 1. The number of fused-ring (bicyclic) bond motifs is 3. The summed E-state index contributed by atoms with van der Waals surface area (Å²) in [5.41, 5.74) is -0.292. The van der Waals surface area contributed by atoms with Crippen LogP contribution in [0.25, 0.3) is 0 Å². The Hall–Kier alpha value is -4.07. The van der Waals surface area contributed by atoms with Crippen LogP contribution in [0.4, 0.5) is 0 Å². The van der Waals surface area contributed by atoms with Crippen molar-refractivity contribution in [3.63, 3.8) is 0 Å². The lowest BCUT2D eigenvalue weighted by Gasteiger charge is -2.29. The second-order valence-corrected chi connectivity index (χ2v) is 8.73. The molecule has 0 aromatic heterocycles. The fourth-order valence-electron chi connectivity index (χ4n) is 4.51. The van der Waals surface area contributed by atoms with Gasteiger partial charge in [-0.3, -0.25) is 14.4 Å². The Morgan fingerprint density at radius 2 is 1.71 bits per heavy atom. The standard InChI is InChI=1S/C26H25NO7/c1-12-22(31)20(14(3)28)24-21(23(12)32)26(4)18(34-24)11-17(30)19(25(26)33)13(2)27-10-9-15-5-7-16(29)8-6-15/h5-8,11,27,29,31-32H,9-10H2,1-4H3/b19-13-/t26-/m1/s1. The summed E-state index contributed by atoms with van der Waals surface area (Å²) in [4.78, 5) is 38.9. The summed E-state index contributed by atoms with van der Waals surface area (Å²) in [6.45, 7) is 6.28. The molecule has 0 spiro atoms. The van der Waals surface area contributed by atoms with E-state index in [0.29, 0.717) is 18.7 Å². The van der Waals surface area contributed by atoms with Gasteiger partial charge in [0.05, 0.1) is 11.1 Å². The summed E-state index contributed by atoms with van der Waals surface area (Å²) in [7, 11) is 0. The molecule has 176 valence electrons. The second kappa shape index (κ2) is 8.06. The maximum absolute atomic E-state index is 13.7. The summed E-state index contributed by atoms with van der Waals surface area (Å²) in [5.74, 6) is -2.34. The summed E-state index contributed by atoms with van der Waals surface area (Å²) in [6, 6.07) is 6.74. The molecule has 2 aromatic rings. The lowest BCUT2D eigenvalue weighted by atomic mass is 9.70. The molecule has 8 heteroatoms. The molecular formula is C26H25NO7. The minimum atomic E-state index is -1.54. The van der Waals surface area contributed by atoms with Gasteiger partial charge in [0.15, 0.2) is 17.3 Å². The van der Waals surface area contributed by atoms with Gasteiger partial charge in [-0.05, 0) is 51.8 Å². The molecule has 2 aromatic carbocycles. The highest BCUT2D eigenvalue weighted by molar-refractivity contribution is 6.31. The predicted octanol–water partition coefficient (Wildman–Crippen LogP) is 3.11. The topological polar surface area (TPSA) is 133 Å². The van der Waals surface area contributed by atoms with Gasteiger partial charge in [0.25, 0.3) is 0 Å². The van der Waals surface area contributed by atoms with E-state index in [2.05, 4.69) is 5.32 Å². The molecule has 4 N–H and O–H groups in total. The number of hydrogen-bond acceptors (Lipinski definition) is 8. The summed E-state index contributed by atoms with van der Waals surface area (Å²) >= 11 is 0. The third kappa shape index (κ3) is 3.34. The number of phenols is 3. The third-order valence-corrected chi connectivity index (χ3v) is 6.50. The van der Waals surface area contributed by atoms with E-state index in [1.54, 1.807) is 31.2 Å². The van der Waals surface area contributed by atoms with E-state index in [1.165, 1.54) is 26.8 Å². The van der Waals surface area contributed by atoms with E-state index in [-0.39, 0.29) is 45.3 Å². The number of aromatic hydroxyl groups is 3. The molecular weight excluding hydrogens is 438 g/mol. The largest absolute Gasteiger partial charge is 0.508 e.